The molecule has 2 aromatic rings. The summed E-state index contributed by atoms with van der Waals surface area (Å²) in [6.45, 7) is 16.0. The van der Waals surface area contributed by atoms with Gasteiger partial charge >= 0.3 is 18.2 Å². The van der Waals surface area contributed by atoms with Gasteiger partial charge in [0.05, 0.1) is 138 Å². The van der Waals surface area contributed by atoms with Crippen molar-refractivity contribution >= 4 is 120 Å². The molecule has 0 radical (unpaired) electrons. The molecule has 24 atom stereocenters. The molecule has 2 bridgehead atoms. The van der Waals surface area contributed by atoms with Crippen molar-refractivity contribution in [2.75, 3.05) is 119 Å². The number of halogens is 1. The Kier molecular flexibility index (Phi) is 47.2. The summed E-state index contributed by atoms with van der Waals surface area (Å²) in [5, 5.41) is 91.8. The number of fused-ring (bicyclic) bond motifs is 2. The molecule has 1 saturated carbocycles. The molecule has 4 saturated heterocycles. The van der Waals surface area contributed by atoms with Crippen LogP contribution in [-0.4, -0.2) is 352 Å². The van der Waals surface area contributed by atoms with Crippen LogP contribution in [0.4, 0.5) is 15.3 Å². The number of likely N-dealkylation sites (N-methyl/N-ethyl adjacent to an activating group) is 1. The number of aliphatic hydroxyl groups is 6. The Morgan fingerprint density at radius 2 is 1.43 bits per heavy atom. The second kappa shape index (κ2) is 56.6. The Labute approximate surface area is 815 Å². The number of aliphatic carboxylic acids is 1. The molecule has 0 spiro atoms. The van der Waals surface area contributed by atoms with Crippen LogP contribution in [-0.2, 0) is 107 Å². The number of anilines is 1. The number of benzene rings is 2. The average molecular weight is 2090 g/mol. The zero-order valence-electron chi connectivity index (χ0n) is 78.5. The van der Waals surface area contributed by atoms with E-state index in [1.165, 1.54) is 74.0 Å². The fourth-order valence-electron chi connectivity index (χ4n) is 15.7. The van der Waals surface area contributed by atoms with Crippen molar-refractivity contribution in [1.82, 2.24) is 37.0 Å². The standard InChI is InChI=1S/C90H129IN8O34S3/c1-15-99(64(105)44-93-88(114)126-45-54-25-27-55(28-26-54)95-83(111)50(6)94-84(112)71(47(2)3)96-63(104)22-20-23-65(106)107)57-46-125-66(42-61(57)117-10)131-80-75(109)72(98-133-67-41-58(101)82(53(9)127-67)135-85(113)68-49(5)70(91)78(81(120-13)77(68)118-11)132-86-76(110)79(119-12)74(108)52(8)129-86)51(7)128-87(80)130-60-21-18-16-17-19-31-90(116)43-59(102)73(97-89(115)121-14)69(60)56(90)30-40-134-136-48(4)24-29-62(103)92-32-34-122-36-38-124-39-37-123-35-33-100/h16-17,25-28,30,47-48,50-53,57-58,60-61,66-67,69,71-76,79-80,82,86-87,98,100-101,108-110,116H,15,20,22-24,29,32-46H2,1-14H3,(H,92,103)(H,93,114)(H,94,112)(H,95,111)(H,96,104)(H,97,115)(H,106,107)/b17-16-,56-30+/t48?,50-,51?,52?,53?,57?,58?,60-,61?,66?,67?,69?,71-,72?,73?,74?,75?,76?,79?,80?,82?,86?,87?,90-/m0/s1. The predicted molar refractivity (Wildman–Crippen MR) is 500 cm³/mol. The summed E-state index contributed by atoms with van der Waals surface area (Å²) in [5.74, 6) is 5.81. The lowest BCUT2D eigenvalue weighted by molar-refractivity contribution is -0.340. The highest BCUT2D eigenvalue weighted by Gasteiger charge is 2.56. The molecule has 14 N–H and O–H groups in total. The third-order valence-electron chi connectivity index (χ3n) is 23.0. The van der Waals surface area contributed by atoms with Gasteiger partial charge in [-0.15, -0.1) is 0 Å². The first-order valence-electron chi connectivity index (χ1n) is 44.6. The molecule has 8 rings (SSSR count). The summed E-state index contributed by atoms with van der Waals surface area (Å²) in [4.78, 5) is 141. The second-order valence-electron chi connectivity index (χ2n) is 33.0. The zero-order chi connectivity index (χ0) is 99.6. The number of ketones is 1. The Hall–Kier alpha value is -7.84. The highest BCUT2D eigenvalue weighted by atomic mass is 127. The summed E-state index contributed by atoms with van der Waals surface area (Å²) in [7, 11) is 9.33. The van der Waals surface area contributed by atoms with Crippen LogP contribution in [0.1, 0.15) is 128 Å². The predicted octanol–water partition coefficient (Wildman–Crippen LogP) is 2.98. The molecular weight excluding hydrogens is 1960 g/mol. The molecule has 4 heterocycles. The van der Waals surface area contributed by atoms with E-state index in [0.29, 0.717) is 53.2 Å². The number of hydroxylamine groups is 1. The van der Waals surface area contributed by atoms with Crippen LogP contribution in [0.15, 0.2) is 48.1 Å². The molecule has 20 unspecified atom stereocenters. The number of hydrogen-bond donors (Lipinski definition) is 14. The fraction of sp³-hybridized carbons (Fsp3) is 0.667. The van der Waals surface area contributed by atoms with Crippen molar-refractivity contribution in [3.8, 4) is 40.9 Å². The minimum atomic E-state index is -2.20. The number of carbonyl (C=O) groups excluding carboxylic acids is 9. The van der Waals surface area contributed by atoms with Crippen LogP contribution < -0.4 is 51.6 Å². The summed E-state index contributed by atoms with van der Waals surface area (Å²) in [6.07, 6.45) is -17.5. The Morgan fingerprint density at radius 3 is 2.09 bits per heavy atom. The van der Waals surface area contributed by atoms with E-state index in [4.69, 9.17) is 90.8 Å². The monoisotopic (exact) mass is 2090 g/mol. The van der Waals surface area contributed by atoms with E-state index in [9.17, 15) is 73.5 Å². The number of ether oxygens (including phenoxy) is 16. The Morgan fingerprint density at radius 1 is 0.743 bits per heavy atom. The number of nitrogens with one attached hydrogen (secondary N) is 7. The molecule has 758 valence electrons. The van der Waals surface area contributed by atoms with Crippen molar-refractivity contribution < 1.29 is 164 Å². The first-order chi connectivity index (χ1) is 64.9. The molecule has 2 aromatic carbocycles. The minimum Gasteiger partial charge on any atom is -0.492 e. The van der Waals surface area contributed by atoms with E-state index < -0.39 is 205 Å². The third-order valence-corrected chi connectivity index (χ3v) is 28.5. The molecule has 136 heavy (non-hydrogen) atoms. The lowest BCUT2D eigenvalue weighted by Crippen LogP contribution is -2.66. The number of allylic oxidation sites excluding steroid dienone is 2. The first kappa shape index (κ1) is 113. The van der Waals surface area contributed by atoms with E-state index in [1.54, 1.807) is 78.8 Å². The van der Waals surface area contributed by atoms with Crippen LogP contribution in [0, 0.1) is 46.0 Å². The van der Waals surface area contributed by atoms with Crippen LogP contribution in [0.25, 0.3) is 0 Å². The molecule has 46 heteroatoms. The molecule has 6 aliphatic rings. The van der Waals surface area contributed by atoms with E-state index in [0.717, 1.165) is 18.9 Å². The van der Waals surface area contributed by atoms with Crippen LogP contribution in [0.3, 0.4) is 0 Å². The van der Waals surface area contributed by atoms with Crippen LogP contribution in [0.2, 0.25) is 0 Å². The van der Waals surface area contributed by atoms with Crippen molar-refractivity contribution in [3.63, 3.8) is 0 Å². The maximum absolute atomic E-state index is 14.7. The number of rotatable bonds is 50. The summed E-state index contributed by atoms with van der Waals surface area (Å²) in [6, 6.07) is 0.559. The number of nitrogens with zero attached hydrogens (tertiary/aromatic N) is 1. The van der Waals surface area contributed by atoms with E-state index >= 15 is 0 Å². The molecule has 2 aliphatic carbocycles. The van der Waals surface area contributed by atoms with E-state index in [1.807, 2.05) is 29.5 Å². The van der Waals surface area contributed by atoms with E-state index in [2.05, 4.69) is 61.1 Å². The smallest absolute Gasteiger partial charge is 0.407 e. The van der Waals surface area contributed by atoms with Crippen molar-refractivity contribution in [1.29, 1.82) is 0 Å². The number of Topliss-reactive ketones (excluding diaryl/α,β-unsaturated/α-hetero) is 1. The molecule has 4 aliphatic heterocycles. The summed E-state index contributed by atoms with van der Waals surface area (Å²) in [5.41, 5.74) is 2.07. The highest BCUT2D eigenvalue weighted by Crippen LogP contribution is 2.50. The van der Waals surface area contributed by atoms with Crippen LogP contribution in [0.5, 0.6) is 17.2 Å². The number of carbonyl (C=O) groups is 10. The van der Waals surface area contributed by atoms with Gasteiger partial charge in [-0.3, -0.25) is 43.2 Å². The maximum atomic E-state index is 14.7. The van der Waals surface area contributed by atoms with Gasteiger partial charge in [0.15, 0.2) is 41.8 Å². The summed E-state index contributed by atoms with van der Waals surface area (Å²) >= 11 is 2.74. The van der Waals surface area contributed by atoms with Gasteiger partial charge < -0.3 is 148 Å². The lowest BCUT2D eigenvalue weighted by Gasteiger charge is -2.48. The third kappa shape index (κ3) is 32.6. The van der Waals surface area contributed by atoms with Gasteiger partial charge in [-0.05, 0) is 124 Å². The van der Waals surface area contributed by atoms with Gasteiger partial charge in [-0.2, -0.15) is 5.48 Å². The number of methoxy groups -OCH3 is 5. The highest BCUT2D eigenvalue weighted by molar-refractivity contribution is 14.1. The first-order valence-corrected chi connectivity index (χ1v) is 49.0. The SMILES string of the molecule is CCN(C(=O)CNC(=O)OCc1ccc(NC(=O)[C@H](C)NC(=O)[C@@H](NC(=O)CCCC(=O)O)C(C)C)cc1)C1COC(OC2C(O[C@H]3C#C/C=C\C#C[C@]4(O)CC(=O)C(NC(=O)OC)C3/C4=C\CSSC(C)CCC(=O)NCCOCCOCCOCCO)OC(C)C(NOC3CC(O)C(SC(=O)c4c(C)c(I)c(OC5OC(C)C(O)C(OC)C5O)c(OC)c4OC)C(C)O3)C2O)CC1OC. The topological polar surface area (TPSA) is 557 Å². The number of aliphatic hydroxyl groups excluding tert-OH is 5. The average Bonchev–Trinajstić information content (AvgIpc) is 0.778. The number of alkyl carbamates (subject to hydrolysis) is 2. The molecule has 0 aromatic heterocycles. The largest absolute Gasteiger partial charge is 0.492 e. The number of amides is 7. The van der Waals surface area contributed by atoms with E-state index in [-0.39, 0.29) is 136 Å². The summed E-state index contributed by atoms with van der Waals surface area (Å²) < 4.78 is 95.5. The normalized spacial score (nSPS) is 28.2. The second-order valence-corrected chi connectivity index (χ2v) is 38.1. The zero-order valence-corrected chi connectivity index (χ0v) is 83.1. The molecule has 42 nitrogen and oxygen atoms in total. The Balaban J connectivity index is 0.973. The number of carboxylic acid groups (broad SMARTS) is 1. The maximum Gasteiger partial charge on any atom is 0.407 e. The minimum absolute atomic E-state index is 0.0197. The van der Waals surface area contributed by atoms with Crippen molar-refractivity contribution in [3.05, 3.63) is 68.3 Å². The Bertz CT molecular complexity index is 4500. The molecule has 5 fully saturated rings. The van der Waals surface area contributed by atoms with Gasteiger partial charge in [0.2, 0.25) is 46.7 Å². The van der Waals surface area contributed by atoms with Crippen LogP contribution >= 0.6 is 55.9 Å². The lowest BCUT2D eigenvalue weighted by atomic mass is 9.68. The van der Waals surface area contributed by atoms with Crippen molar-refractivity contribution in [2.24, 2.45) is 11.8 Å². The quantitative estimate of drug-likeness (QED) is 0.0113. The van der Waals surface area contributed by atoms with Gasteiger partial charge in [0, 0.05) is 82.0 Å². The molecule has 7 amide bonds. The number of thioether (sulfide) groups is 1. The fourth-order valence-corrected chi connectivity index (χ4v) is 19.7. The van der Waals surface area contributed by atoms with Gasteiger partial charge in [0.25, 0.3) is 0 Å². The number of hydrogen-bond acceptors (Lipinski definition) is 37. The van der Waals surface area contributed by atoms with Crippen molar-refractivity contribution in [2.45, 2.75) is 259 Å². The molecular formula is C90H129IN8O34S3. The van der Waals surface area contributed by atoms with Gasteiger partial charge in [0.1, 0.15) is 67.9 Å². The number of carboxylic acids is 1. The van der Waals surface area contributed by atoms with Gasteiger partial charge in [-0.25, -0.2) is 9.59 Å². The van der Waals surface area contributed by atoms with Gasteiger partial charge in [-0.1, -0.05) is 96.0 Å².